The number of carbonyl (C=O) groups excluding carboxylic acids is 2. The molecule has 1 aliphatic heterocycles. The summed E-state index contributed by atoms with van der Waals surface area (Å²) in [6.07, 6.45) is 0.703. The van der Waals surface area contributed by atoms with Gasteiger partial charge in [-0.25, -0.2) is 0 Å². The number of benzene rings is 2. The van der Waals surface area contributed by atoms with Gasteiger partial charge in [0, 0.05) is 18.1 Å². The van der Waals surface area contributed by atoms with E-state index in [1.165, 1.54) is 12.1 Å². The van der Waals surface area contributed by atoms with Crippen LogP contribution in [0.4, 0.5) is 0 Å². The highest BCUT2D eigenvalue weighted by atomic mass is 35.5. The summed E-state index contributed by atoms with van der Waals surface area (Å²) in [5, 5.41) is 0.365. The number of fused-ring (bicyclic) bond motifs is 1. The standard InChI is InChI=1S/C20H21ClN2O5/c1-26-17-7-12-5-6-23(10-13(12)8-18(17)27-2)19(24)11-28-16-4-3-14(21)9-15(16)20(22)25/h3-4,7-9H,5-6,10-11H2,1-2H3,(H2,22,25). The van der Waals surface area contributed by atoms with E-state index in [1.54, 1.807) is 25.2 Å². The lowest BCUT2D eigenvalue weighted by Gasteiger charge is -2.29. The molecule has 8 heteroatoms. The van der Waals surface area contributed by atoms with Gasteiger partial charge in [-0.05, 0) is 47.9 Å². The zero-order valence-corrected chi connectivity index (χ0v) is 16.4. The fraction of sp³-hybridized carbons (Fsp3) is 0.300. The molecule has 0 saturated heterocycles. The molecular formula is C20H21ClN2O5. The molecule has 0 atom stereocenters. The van der Waals surface area contributed by atoms with Crippen molar-refractivity contribution in [3.05, 3.63) is 52.0 Å². The van der Waals surface area contributed by atoms with Gasteiger partial charge in [0.2, 0.25) is 0 Å². The first-order chi connectivity index (χ1) is 13.4. The van der Waals surface area contributed by atoms with Crippen LogP contribution < -0.4 is 19.9 Å². The molecule has 0 bridgehead atoms. The van der Waals surface area contributed by atoms with Crippen LogP contribution in [0.1, 0.15) is 21.5 Å². The lowest BCUT2D eigenvalue weighted by molar-refractivity contribution is -0.134. The van der Waals surface area contributed by atoms with Crippen molar-refractivity contribution in [1.29, 1.82) is 0 Å². The molecule has 2 amide bonds. The Morgan fingerprint density at radius 3 is 2.39 bits per heavy atom. The largest absolute Gasteiger partial charge is 0.493 e. The van der Waals surface area contributed by atoms with E-state index in [9.17, 15) is 9.59 Å². The molecule has 2 aromatic rings. The van der Waals surface area contributed by atoms with Crippen molar-refractivity contribution in [1.82, 2.24) is 4.90 Å². The topological polar surface area (TPSA) is 91.1 Å². The summed E-state index contributed by atoms with van der Waals surface area (Å²) >= 11 is 5.88. The van der Waals surface area contributed by atoms with Crippen LogP contribution in [0.15, 0.2) is 30.3 Å². The van der Waals surface area contributed by atoms with Gasteiger partial charge in [0.05, 0.1) is 19.8 Å². The molecule has 0 aromatic heterocycles. The molecular weight excluding hydrogens is 384 g/mol. The SMILES string of the molecule is COc1cc2c(cc1OC)CN(C(=O)COc1ccc(Cl)cc1C(N)=O)CC2. The van der Waals surface area contributed by atoms with Crippen molar-refractivity contribution in [2.75, 3.05) is 27.4 Å². The zero-order valence-electron chi connectivity index (χ0n) is 15.7. The molecule has 2 N–H and O–H groups in total. The fourth-order valence-corrected chi connectivity index (χ4v) is 3.32. The van der Waals surface area contributed by atoms with Crippen LogP contribution in [0.2, 0.25) is 5.02 Å². The van der Waals surface area contributed by atoms with Crippen LogP contribution >= 0.6 is 11.6 Å². The monoisotopic (exact) mass is 404 g/mol. The predicted molar refractivity (Wildman–Crippen MR) is 104 cm³/mol. The Morgan fingerprint density at radius 2 is 1.75 bits per heavy atom. The summed E-state index contributed by atoms with van der Waals surface area (Å²) in [6.45, 7) is 0.805. The van der Waals surface area contributed by atoms with E-state index in [0.29, 0.717) is 36.0 Å². The molecule has 1 aliphatic rings. The normalized spacial score (nSPS) is 12.9. The van der Waals surface area contributed by atoms with Crippen molar-refractivity contribution in [3.8, 4) is 17.2 Å². The number of nitrogens with zero attached hydrogens (tertiary/aromatic N) is 1. The van der Waals surface area contributed by atoms with Gasteiger partial charge in [-0.15, -0.1) is 0 Å². The zero-order chi connectivity index (χ0) is 20.3. The number of ether oxygens (including phenoxy) is 3. The molecule has 2 aromatic carbocycles. The van der Waals surface area contributed by atoms with Crippen molar-refractivity contribution in [2.45, 2.75) is 13.0 Å². The molecule has 0 fully saturated rings. The van der Waals surface area contributed by atoms with Crippen molar-refractivity contribution in [2.24, 2.45) is 5.73 Å². The van der Waals surface area contributed by atoms with Gasteiger partial charge < -0.3 is 24.8 Å². The first-order valence-corrected chi connectivity index (χ1v) is 9.04. The molecule has 148 valence electrons. The Labute approximate surface area is 167 Å². The summed E-state index contributed by atoms with van der Waals surface area (Å²) < 4.78 is 16.2. The van der Waals surface area contributed by atoms with Crippen LogP contribution in [0, 0.1) is 0 Å². The molecule has 0 aliphatic carbocycles. The van der Waals surface area contributed by atoms with Crippen LogP contribution in [0.25, 0.3) is 0 Å². The summed E-state index contributed by atoms with van der Waals surface area (Å²) in [5.74, 6) is 0.669. The van der Waals surface area contributed by atoms with E-state index in [4.69, 9.17) is 31.5 Å². The van der Waals surface area contributed by atoms with Crippen molar-refractivity contribution >= 4 is 23.4 Å². The summed E-state index contributed by atoms with van der Waals surface area (Å²) in [6, 6.07) is 8.35. The highest BCUT2D eigenvalue weighted by Crippen LogP contribution is 2.33. The highest BCUT2D eigenvalue weighted by molar-refractivity contribution is 6.31. The van der Waals surface area contributed by atoms with Gasteiger partial charge in [-0.3, -0.25) is 9.59 Å². The predicted octanol–water partition coefficient (Wildman–Crippen LogP) is 2.42. The maximum atomic E-state index is 12.6. The maximum absolute atomic E-state index is 12.6. The number of nitrogens with two attached hydrogens (primary N) is 1. The number of amides is 2. The first-order valence-electron chi connectivity index (χ1n) is 8.66. The van der Waals surface area contributed by atoms with Gasteiger partial charge in [0.15, 0.2) is 18.1 Å². The minimum atomic E-state index is -0.669. The van der Waals surface area contributed by atoms with Crippen LogP contribution in [-0.4, -0.2) is 44.1 Å². The Hall–Kier alpha value is -2.93. The number of carbonyl (C=O) groups is 2. The average molecular weight is 405 g/mol. The Balaban J connectivity index is 1.69. The van der Waals surface area contributed by atoms with E-state index in [1.807, 2.05) is 12.1 Å². The van der Waals surface area contributed by atoms with Gasteiger partial charge >= 0.3 is 0 Å². The minimum absolute atomic E-state index is 0.140. The third kappa shape index (κ3) is 4.14. The van der Waals surface area contributed by atoms with E-state index in [2.05, 4.69) is 0 Å². The number of methoxy groups -OCH3 is 2. The Morgan fingerprint density at radius 1 is 1.07 bits per heavy atom. The van der Waals surface area contributed by atoms with Crippen molar-refractivity contribution in [3.63, 3.8) is 0 Å². The summed E-state index contributed by atoms with van der Waals surface area (Å²) in [5.41, 5.74) is 7.60. The molecule has 0 saturated carbocycles. The molecule has 3 rings (SSSR count). The second-order valence-corrected chi connectivity index (χ2v) is 6.77. The molecule has 0 unspecified atom stereocenters. The lowest BCUT2D eigenvalue weighted by atomic mass is 9.99. The van der Waals surface area contributed by atoms with Crippen LogP contribution in [0.5, 0.6) is 17.2 Å². The van der Waals surface area contributed by atoms with Crippen LogP contribution in [0.3, 0.4) is 0 Å². The number of hydrogen-bond acceptors (Lipinski definition) is 5. The summed E-state index contributed by atoms with van der Waals surface area (Å²) in [7, 11) is 3.17. The second-order valence-electron chi connectivity index (χ2n) is 6.33. The van der Waals surface area contributed by atoms with Crippen LogP contribution in [-0.2, 0) is 17.8 Å². The number of rotatable bonds is 6. The highest BCUT2D eigenvalue weighted by Gasteiger charge is 2.23. The lowest BCUT2D eigenvalue weighted by Crippen LogP contribution is -2.39. The quantitative estimate of drug-likeness (QED) is 0.798. The Kier molecular flexibility index (Phi) is 5.94. The Bertz CT molecular complexity index is 916. The molecule has 7 nitrogen and oxygen atoms in total. The van der Waals surface area contributed by atoms with E-state index < -0.39 is 5.91 Å². The summed E-state index contributed by atoms with van der Waals surface area (Å²) in [4.78, 5) is 25.8. The van der Waals surface area contributed by atoms with E-state index in [0.717, 1.165) is 11.1 Å². The third-order valence-electron chi connectivity index (χ3n) is 4.63. The molecule has 28 heavy (non-hydrogen) atoms. The van der Waals surface area contributed by atoms with Gasteiger partial charge in [-0.2, -0.15) is 0 Å². The first kappa shape index (κ1) is 19.8. The van der Waals surface area contributed by atoms with Gasteiger partial charge in [0.25, 0.3) is 11.8 Å². The minimum Gasteiger partial charge on any atom is -0.493 e. The smallest absolute Gasteiger partial charge is 0.260 e. The number of primary amides is 1. The van der Waals surface area contributed by atoms with Gasteiger partial charge in [-0.1, -0.05) is 11.6 Å². The second kappa shape index (κ2) is 8.39. The van der Waals surface area contributed by atoms with E-state index in [-0.39, 0.29) is 23.8 Å². The van der Waals surface area contributed by atoms with Crippen molar-refractivity contribution < 1.29 is 23.8 Å². The fourth-order valence-electron chi connectivity index (χ4n) is 3.15. The molecule has 0 radical (unpaired) electrons. The molecule has 1 heterocycles. The third-order valence-corrected chi connectivity index (χ3v) is 4.86. The molecule has 0 spiro atoms. The average Bonchev–Trinajstić information content (AvgIpc) is 2.70. The number of halogens is 1. The maximum Gasteiger partial charge on any atom is 0.260 e. The van der Waals surface area contributed by atoms with E-state index >= 15 is 0 Å². The van der Waals surface area contributed by atoms with Gasteiger partial charge in [0.1, 0.15) is 5.75 Å². The number of hydrogen-bond donors (Lipinski definition) is 1.